The maximum atomic E-state index is 4.31. The molecule has 132 valence electrons. The van der Waals surface area contributed by atoms with E-state index in [0.29, 0.717) is 5.92 Å². The highest BCUT2D eigenvalue weighted by molar-refractivity contribution is 14.0. The molecule has 1 aromatic heterocycles. The summed E-state index contributed by atoms with van der Waals surface area (Å²) in [4.78, 5) is 8.33. The van der Waals surface area contributed by atoms with Crippen molar-refractivity contribution in [2.75, 3.05) is 39.8 Å². The SMILES string of the molecule is CN=C(NCCc1cccs1)NCC(C)CN1CCCCC1.I. The zero-order valence-corrected chi connectivity index (χ0v) is 17.5. The topological polar surface area (TPSA) is 39.7 Å². The lowest BCUT2D eigenvalue weighted by Gasteiger charge is -2.29. The molecule has 0 aliphatic carbocycles. The van der Waals surface area contributed by atoms with Gasteiger partial charge in [-0.1, -0.05) is 19.4 Å². The Morgan fingerprint density at radius 1 is 1.30 bits per heavy atom. The number of piperidine rings is 1. The van der Waals surface area contributed by atoms with Crippen molar-refractivity contribution in [1.29, 1.82) is 0 Å². The molecule has 1 aliphatic rings. The number of nitrogens with one attached hydrogen (secondary N) is 2. The second-order valence-corrected chi connectivity index (χ2v) is 7.21. The van der Waals surface area contributed by atoms with Crippen molar-refractivity contribution in [2.24, 2.45) is 10.9 Å². The first-order valence-corrected chi connectivity index (χ1v) is 9.35. The van der Waals surface area contributed by atoms with Crippen LogP contribution >= 0.6 is 35.3 Å². The molecule has 2 N–H and O–H groups in total. The first-order chi connectivity index (χ1) is 10.8. The lowest BCUT2D eigenvalue weighted by atomic mass is 10.1. The number of guanidine groups is 1. The Labute approximate surface area is 162 Å². The van der Waals surface area contributed by atoms with Crippen LogP contribution in [-0.2, 0) is 6.42 Å². The maximum Gasteiger partial charge on any atom is 0.190 e. The second kappa shape index (κ2) is 12.1. The van der Waals surface area contributed by atoms with Gasteiger partial charge in [-0.3, -0.25) is 4.99 Å². The van der Waals surface area contributed by atoms with Crippen molar-refractivity contribution in [2.45, 2.75) is 32.6 Å². The van der Waals surface area contributed by atoms with Crippen LogP contribution in [0.15, 0.2) is 22.5 Å². The Morgan fingerprint density at radius 2 is 2.09 bits per heavy atom. The van der Waals surface area contributed by atoms with Gasteiger partial charge in [0.25, 0.3) is 0 Å². The number of thiophene rings is 1. The van der Waals surface area contributed by atoms with E-state index in [1.165, 1.54) is 43.8 Å². The number of aliphatic imine (C=N–C) groups is 1. The third-order valence-electron chi connectivity index (χ3n) is 4.10. The number of hydrogen-bond donors (Lipinski definition) is 2. The van der Waals surface area contributed by atoms with E-state index in [1.807, 2.05) is 18.4 Å². The fourth-order valence-corrected chi connectivity index (χ4v) is 3.61. The van der Waals surface area contributed by atoms with E-state index in [0.717, 1.165) is 25.5 Å². The normalized spacial score (nSPS) is 17.4. The van der Waals surface area contributed by atoms with Gasteiger partial charge in [0, 0.05) is 31.6 Å². The zero-order valence-electron chi connectivity index (χ0n) is 14.4. The summed E-state index contributed by atoms with van der Waals surface area (Å²) in [6.07, 6.45) is 5.20. The van der Waals surface area contributed by atoms with E-state index in [4.69, 9.17) is 0 Å². The highest BCUT2D eigenvalue weighted by Crippen LogP contribution is 2.10. The van der Waals surface area contributed by atoms with E-state index >= 15 is 0 Å². The van der Waals surface area contributed by atoms with Gasteiger partial charge in [0.2, 0.25) is 0 Å². The van der Waals surface area contributed by atoms with Crippen LogP contribution in [0.5, 0.6) is 0 Å². The summed E-state index contributed by atoms with van der Waals surface area (Å²) in [5, 5.41) is 8.98. The Bertz CT molecular complexity index is 430. The molecule has 0 aromatic carbocycles. The van der Waals surface area contributed by atoms with E-state index in [-0.39, 0.29) is 24.0 Å². The molecular weight excluding hydrogens is 419 g/mol. The standard InChI is InChI=1S/C17H30N4S.HI/c1-15(14-21-10-4-3-5-11-21)13-20-17(18-2)19-9-8-16-7-6-12-22-16;/h6-7,12,15H,3-5,8-11,13-14H2,1-2H3,(H2,18,19,20);1H. The van der Waals surface area contributed by atoms with Gasteiger partial charge in [-0.15, -0.1) is 35.3 Å². The fourth-order valence-electron chi connectivity index (χ4n) is 2.90. The van der Waals surface area contributed by atoms with E-state index < -0.39 is 0 Å². The Balaban J connectivity index is 0.00000264. The zero-order chi connectivity index (χ0) is 15.6. The molecule has 1 aromatic rings. The third kappa shape index (κ3) is 8.35. The molecule has 0 radical (unpaired) electrons. The molecule has 23 heavy (non-hydrogen) atoms. The van der Waals surface area contributed by atoms with Crippen molar-refractivity contribution in [3.63, 3.8) is 0 Å². The maximum absolute atomic E-state index is 4.31. The van der Waals surface area contributed by atoms with Crippen LogP contribution in [0, 0.1) is 5.92 Å². The van der Waals surface area contributed by atoms with Crippen molar-refractivity contribution in [3.05, 3.63) is 22.4 Å². The summed E-state index contributed by atoms with van der Waals surface area (Å²) in [5.41, 5.74) is 0. The quantitative estimate of drug-likeness (QED) is 0.381. The molecule has 0 amide bonds. The number of rotatable bonds is 7. The first kappa shape index (κ1) is 20.7. The Kier molecular flexibility index (Phi) is 10.9. The first-order valence-electron chi connectivity index (χ1n) is 8.47. The van der Waals surface area contributed by atoms with Crippen molar-refractivity contribution in [1.82, 2.24) is 15.5 Å². The molecule has 0 bridgehead atoms. The highest BCUT2D eigenvalue weighted by atomic mass is 127. The summed E-state index contributed by atoms with van der Waals surface area (Å²) >= 11 is 1.81. The van der Waals surface area contributed by atoms with Crippen molar-refractivity contribution >= 4 is 41.3 Å². The van der Waals surface area contributed by atoms with Gasteiger partial charge >= 0.3 is 0 Å². The van der Waals surface area contributed by atoms with Gasteiger partial charge in [0.05, 0.1) is 0 Å². The molecule has 0 saturated carbocycles. The molecule has 2 rings (SSSR count). The van der Waals surface area contributed by atoms with Crippen LogP contribution in [0.2, 0.25) is 0 Å². The molecule has 1 aliphatic heterocycles. The average molecular weight is 450 g/mol. The molecule has 4 nitrogen and oxygen atoms in total. The number of hydrogen-bond acceptors (Lipinski definition) is 3. The lowest BCUT2D eigenvalue weighted by Crippen LogP contribution is -2.42. The monoisotopic (exact) mass is 450 g/mol. The molecule has 1 fully saturated rings. The highest BCUT2D eigenvalue weighted by Gasteiger charge is 2.13. The lowest BCUT2D eigenvalue weighted by molar-refractivity contribution is 0.201. The summed E-state index contributed by atoms with van der Waals surface area (Å²) in [5.74, 6) is 1.57. The van der Waals surface area contributed by atoms with Crippen LogP contribution in [0.4, 0.5) is 0 Å². The molecule has 1 unspecified atom stereocenters. The minimum atomic E-state index is 0. The smallest absolute Gasteiger partial charge is 0.190 e. The molecule has 1 atom stereocenters. The van der Waals surface area contributed by atoms with Crippen molar-refractivity contribution < 1.29 is 0 Å². The van der Waals surface area contributed by atoms with Crippen LogP contribution < -0.4 is 10.6 Å². The minimum Gasteiger partial charge on any atom is -0.356 e. The van der Waals surface area contributed by atoms with E-state index in [9.17, 15) is 0 Å². The second-order valence-electron chi connectivity index (χ2n) is 6.18. The summed E-state index contributed by atoms with van der Waals surface area (Å²) in [6.45, 7) is 7.98. The fraction of sp³-hybridized carbons (Fsp3) is 0.706. The molecule has 6 heteroatoms. The van der Waals surface area contributed by atoms with Gasteiger partial charge in [0.1, 0.15) is 0 Å². The minimum absolute atomic E-state index is 0. The molecule has 0 spiro atoms. The van der Waals surface area contributed by atoms with Crippen molar-refractivity contribution in [3.8, 4) is 0 Å². The number of likely N-dealkylation sites (tertiary alicyclic amines) is 1. The van der Waals surface area contributed by atoms with Gasteiger partial charge in [-0.05, 0) is 49.7 Å². The van der Waals surface area contributed by atoms with Gasteiger partial charge in [-0.25, -0.2) is 0 Å². The van der Waals surface area contributed by atoms with Gasteiger partial charge < -0.3 is 15.5 Å². The van der Waals surface area contributed by atoms with Crippen LogP contribution in [0.25, 0.3) is 0 Å². The van der Waals surface area contributed by atoms with Gasteiger partial charge in [0.15, 0.2) is 5.96 Å². The number of nitrogens with zero attached hydrogens (tertiary/aromatic N) is 2. The molecule has 1 saturated heterocycles. The van der Waals surface area contributed by atoms with E-state index in [2.05, 4.69) is 45.0 Å². The summed E-state index contributed by atoms with van der Waals surface area (Å²) < 4.78 is 0. The van der Waals surface area contributed by atoms with Crippen LogP contribution in [0.3, 0.4) is 0 Å². The van der Waals surface area contributed by atoms with E-state index in [1.54, 1.807) is 0 Å². The van der Waals surface area contributed by atoms with Crippen LogP contribution in [0.1, 0.15) is 31.1 Å². The van der Waals surface area contributed by atoms with Crippen LogP contribution in [-0.4, -0.2) is 50.6 Å². The molecule has 2 heterocycles. The molecular formula is C17H31IN4S. The predicted molar refractivity (Wildman–Crippen MR) is 112 cm³/mol. The average Bonchev–Trinajstić information content (AvgIpc) is 3.05. The summed E-state index contributed by atoms with van der Waals surface area (Å²) in [7, 11) is 1.84. The third-order valence-corrected chi connectivity index (χ3v) is 5.04. The number of halogens is 1. The largest absolute Gasteiger partial charge is 0.356 e. The Morgan fingerprint density at radius 3 is 2.74 bits per heavy atom. The van der Waals surface area contributed by atoms with Gasteiger partial charge in [-0.2, -0.15) is 0 Å². The predicted octanol–water partition coefficient (Wildman–Crippen LogP) is 3.20. The Hall–Kier alpha value is -0.340. The summed E-state index contributed by atoms with van der Waals surface area (Å²) in [6, 6.07) is 4.29.